The van der Waals surface area contributed by atoms with E-state index in [1.165, 1.54) is 244 Å². The summed E-state index contributed by atoms with van der Waals surface area (Å²) >= 11 is 0. The van der Waals surface area contributed by atoms with Crippen LogP contribution in [-0.2, 0) is 28.6 Å². The summed E-state index contributed by atoms with van der Waals surface area (Å²) in [5.41, 5.74) is 0. The maximum absolute atomic E-state index is 12.9. The van der Waals surface area contributed by atoms with Gasteiger partial charge in [0.1, 0.15) is 13.2 Å². The van der Waals surface area contributed by atoms with Gasteiger partial charge < -0.3 is 14.2 Å². The molecule has 0 spiro atoms. The monoisotopic (exact) mass is 1160 g/mol. The van der Waals surface area contributed by atoms with Gasteiger partial charge in [-0.2, -0.15) is 0 Å². The van der Waals surface area contributed by atoms with Crippen LogP contribution in [0.3, 0.4) is 0 Å². The second-order valence-corrected chi connectivity index (χ2v) is 24.5. The van der Waals surface area contributed by atoms with Gasteiger partial charge in [-0.05, 0) is 109 Å². The number of carbonyl (C=O) groups is 3. The second-order valence-electron chi connectivity index (χ2n) is 24.5. The van der Waals surface area contributed by atoms with E-state index in [0.717, 1.165) is 96.3 Å². The second kappa shape index (κ2) is 71.3. The van der Waals surface area contributed by atoms with Crippen LogP contribution in [0.4, 0.5) is 0 Å². The normalized spacial score (nSPS) is 12.5. The van der Waals surface area contributed by atoms with Gasteiger partial charge in [0, 0.05) is 19.3 Å². The highest BCUT2D eigenvalue weighted by atomic mass is 16.6. The number of hydrogen-bond donors (Lipinski definition) is 0. The van der Waals surface area contributed by atoms with Gasteiger partial charge >= 0.3 is 17.9 Å². The molecule has 0 aromatic heterocycles. The topological polar surface area (TPSA) is 78.9 Å². The van der Waals surface area contributed by atoms with Gasteiger partial charge in [-0.25, -0.2) is 0 Å². The Bertz CT molecular complexity index is 1520. The van der Waals surface area contributed by atoms with E-state index in [1.54, 1.807) is 0 Å². The molecule has 0 fully saturated rings. The Hall–Kier alpha value is -3.15. The van der Waals surface area contributed by atoms with E-state index in [1.807, 2.05) is 0 Å². The molecule has 1 atom stereocenters. The largest absolute Gasteiger partial charge is 0.462 e. The zero-order chi connectivity index (χ0) is 59.9. The molecule has 0 N–H and O–H groups in total. The molecule has 6 heteroatoms. The van der Waals surface area contributed by atoms with Crippen molar-refractivity contribution in [2.45, 2.75) is 386 Å². The Morgan fingerprint density at radius 2 is 0.470 bits per heavy atom. The van der Waals surface area contributed by atoms with Crippen LogP contribution in [0.5, 0.6) is 0 Å². The molecule has 0 radical (unpaired) electrons. The number of rotatable bonds is 67. The predicted octanol–water partition coefficient (Wildman–Crippen LogP) is 25.2. The van der Waals surface area contributed by atoms with Crippen LogP contribution < -0.4 is 0 Å². The fraction of sp³-hybridized carbons (Fsp3) is 0.805. The summed E-state index contributed by atoms with van der Waals surface area (Å²) < 4.78 is 16.9. The van der Waals surface area contributed by atoms with Crippen LogP contribution in [-0.4, -0.2) is 37.2 Å². The van der Waals surface area contributed by atoms with Gasteiger partial charge in [-0.3, -0.25) is 14.4 Å². The van der Waals surface area contributed by atoms with Gasteiger partial charge in [0.2, 0.25) is 0 Å². The summed E-state index contributed by atoms with van der Waals surface area (Å²) in [6.07, 6.45) is 93.9. The van der Waals surface area contributed by atoms with Crippen molar-refractivity contribution >= 4 is 17.9 Å². The molecule has 0 aliphatic heterocycles. The first-order valence-corrected chi connectivity index (χ1v) is 36.4. The standard InChI is InChI=1S/C77H138O6/c1-4-7-10-13-16-19-22-25-27-29-30-31-32-33-34-35-36-37-38-39-40-41-42-43-44-45-46-48-49-52-55-58-61-64-67-70-76(79)82-73-74(72-81-75(78)69-66-63-60-57-54-51-24-21-18-15-12-9-6-3)83-77(80)71-68-65-62-59-56-53-50-47-28-26-23-20-17-14-11-8-5-2/h9,12,17-18,20-21,26,28-30,51,54,74H,4-8,10-11,13-16,19,22-25,27,31-50,52-53,55-73H2,1-3H3/b12-9-,20-17-,21-18-,28-26-,30-29-,54-51-. The van der Waals surface area contributed by atoms with Crippen molar-refractivity contribution in [2.75, 3.05) is 13.2 Å². The Morgan fingerprint density at radius 1 is 0.253 bits per heavy atom. The lowest BCUT2D eigenvalue weighted by Gasteiger charge is -2.18. The van der Waals surface area contributed by atoms with Gasteiger partial charge in [-0.15, -0.1) is 0 Å². The average Bonchev–Trinajstić information content (AvgIpc) is 3.49. The number of esters is 3. The molecule has 6 nitrogen and oxygen atoms in total. The van der Waals surface area contributed by atoms with Crippen molar-refractivity contribution in [2.24, 2.45) is 0 Å². The lowest BCUT2D eigenvalue weighted by atomic mass is 10.0. The minimum Gasteiger partial charge on any atom is -0.462 e. The van der Waals surface area contributed by atoms with Crippen molar-refractivity contribution in [1.82, 2.24) is 0 Å². The Balaban J connectivity index is 4.10. The van der Waals surface area contributed by atoms with Gasteiger partial charge in [0.05, 0.1) is 0 Å². The Kier molecular flexibility index (Phi) is 68.6. The fourth-order valence-electron chi connectivity index (χ4n) is 10.7. The number of allylic oxidation sites excluding steroid dienone is 12. The van der Waals surface area contributed by atoms with Crippen molar-refractivity contribution < 1.29 is 28.6 Å². The molecular formula is C77H138O6. The molecule has 0 amide bonds. The van der Waals surface area contributed by atoms with Crippen molar-refractivity contribution in [3.8, 4) is 0 Å². The van der Waals surface area contributed by atoms with Crippen molar-refractivity contribution in [3.05, 3.63) is 72.9 Å². The zero-order valence-corrected chi connectivity index (χ0v) is 55.5. The molecule has 0 heterocycles. The molecule has 0 bridgehead atoms. The average molecular weight is 1160 g/mol. The molecule has 0 saturated carbocycles. The smallest absolute Gasteiger partial charge is 0.306 e. The quantitative estimate of drug-likeness (QED) is 0.0261. The maximum atomic E-state index is 12.9. The first kappa shape index (κ1) is 79.8. The molecule has 0 aliphatic carbocycles. The molecular weight excluding hydrogens is 1020 g/mol. The lowest BCUT2D eigenvalue weighted by Crippen LogP contribution is -2.30. The Labute approximate surface area is 516 Å². The van der Waals surface area contributed by atoms with Crippen LogP contribution in [0.15, 0.2) is 72.9 Å². The van der Waals surface area contributed by atoms with Crippen LogP contribution in [0.2, 0.25) is 0 Å². The van der Waals surface area contributed by atoms with Crippen LogP contribution >= 0.6 is 0 Å². The summed E-state index contributed by atoms with van der Waals surface area (Å²) in [7, 11) is 0. The number of ether oxygens (including phenoxy) is 3. The Morgan fingerprint density at radius 3 is 0.783 bits per heavy atom. The molecule has 0 rings (SSSR count). The number of hydrogen-bond acceptors (Lipinski definition) is 6. The van der Waals surface area contributed by atoms with E-state index in [-0.39, 0.29) is 31.1 Å². The summed E-state index contributed by atoms with van der Waals surface area (Å²) in [5.74, 6) is -0.906. The van der Waals surface area contributed by atoms with E-state index in [9.17, 15) is 14.4 Å². The van der Waals surface area contributed by atoms with Crippen LogP contribution in [0, 0.1) is 0 Å². The fourth-order valence-corrected chi connectivity index (χ4v) is 10.7. The SMILES string of the molecule is CC/C=C\C/C=C\C/C=C\CCCCCC(=O)OCC(COC(=O)CCCCCCCCCCCCCCCCCCCCCCCCC/C=C\CCCCCCCCCC)OC(=O)CCCCCCCCC/C=C\C/C=C\CCCCC. The van der Waals surface area contributed by atoms with E-state index in [4.69, 9.17) is 14.2 Å². The van der Waals surface area contributed by atoms with Gasteiger partial charge in [0.25, 0.3) is 0 Å². The van der Waals surface area contributed by atoms with E-state index in [2.05, 4.69) is 93.7 Å². The minimum absolute atomic E-state index is 0.0850. The summed E-state index contributed by atoms with van der Waals surface area (Å²) in [6, 6.07) is 0. The van der Waals surface area contributed by atoms with Crippen LogP contribution in [0.25, 0.3) is 0 Å². The minimum atomic E-state index is -0.792. The summed E-state index contributed by atoms with van der Waals surface area (Å²) in [4.78, 5) is 38.4. The molecule has 83 heavy (non-hydrogen) atoms. The highest BCUT2D eigenvalue weighted by Gasteiger charge is 2.19. The third-order valence-corrected chi connectivity index (χ3v) is 16.2. The molecule has 0 saturated heterocycles. The zero-order valence-electron chi connectivity index (χ0n) is 55.5. The summed E-state index contributed by atoms with van der Waals surface area (Å²) in [5, 5.41) is 0. The predicted molar refractivity (Wildman–Crippen MR) is 362 cm³/mol. The van der Waals surface area contributed by atoms with Crippen molar-refractivity contribution in [3.63, 3.8) is 0 Å². The van der Waals surface area contributed by atoms with E-state index in [0.29, 0.717) is 19.3 Å². The summed E-state index contributed by atoms with van der Waals surface area (Å²) in [6.45, 7) is 6.52. The first-order valence-electron chi connectivity index (χ1n) is 36.4. The highest BCUT2D eigenvalue weighted by Crippen LogP contribution is 2.18. The van der Waals surface area contributed by atoms with Gasteiger partial charge in [0.15, 0.2) is 6.10 Å². The molecule has 0 aromatic rings. The lowest BCUT2D eigenvalue weighted by molar-refractivity contribution is -0.167. The van der Waals surface area contributed by atoms with E-state index >= 15 is 0 Å². The van der Waals surface area contributed by atoms with E-state index < -0.39 is 6.10 Å². The molecule has 0 aliphatic rings. The molecule has 482 valence electrons. The van der Waals surface area contributed by atoms with Gasteiger partial charge in [-0.1, -0.05) is 325 Å². The maximum Gasteiger partial charge on any atom is 0.306 e. The van der Waals surface area contributed by atoms with Crippen molar-refractivity contribution in [1.29, 1.82) is 0 Å². The number of unbranched alkanes of at least 4 members (excludes halogenated alkanes) is 44. The first-order chi connectivity index (χ1) is 41.0. The third-order valence-electron chi connectivity index (χ3n) is 16.2. The number of carbonyl (C=O) groups excluding carboxylic acids is 3. The molecule has 0 aromatic carbocycles. The third kappa shape index (κ3) is 69.5. The highest BCUT2D eigenvalue weighted by molar-refractivity contribution is 5.71. The van der Waals surface area contributed by atoms with Crippen LogP contribution in [0.1, 0.15) is 380 Å². The molecule has 1 unspecified atom stereocenters.